The number of nitrogens with one attached hydrogen (secondary N) is 1. The highest BCUT2D eigenvalue weighted by Gasteiger charge is 2.29. The summed E-state index contributed by atoms with van der Waals surface area (Å²) in [6.45, 7) is 1.97. The van der Waals surface area contributed by atoms with E-state index in [-0.39, 0.29) is 11.2 Å². The first-order chi connectivity index (χ1) is 9.16. The summed E-state index contributed by atoms with van der Waals surface area (Å²) < 4.78 is 1.73. The molecular weight excluding hydrogens is 260 g/mol. The van der Waals surface area contributed by atoms with Crippen molar-refractivity contribution in [2.75, 3.05) is 11.1 Å². The number of pyridine rings is 1. The Balaban J connectivity index is 2.15. The predicted octanol–water partition coefficient (Wildman–Crippen LogP) is 1.90. The van der Waals surface area contributed by atoms with Crippen molar-refractivity contribution >= 4 is 23.5 Å². The second-order valence-electron chi connectivity index (χ2n) is 4.47. The monoisotopic (exact) mass is 274 g/mol. The highest BCUT2D eigenvalue weighted by Crippen LogP contribution is 2.41. The summed E-state index contributed by atoms with van der Waals surface area (Å²) in [5, 5.41) is 7.37. The molecule has 0 saturated carbocycles. The van der Waals surface area contributed by atoms with Gasteiger partial charge in [-0.05, 0) is 19.1 Å². The van der Waals surface area contributed by atoms with E-state index < -0.39 is 0 Å². The van der Waals surface area contributed by atoms with Gasteiger partial charge in [0.2, 0.25) is 5.91 Å². The molecular formula is C13H14N4OS. The number of amides is 1. The molecule has 0 aromatic carbocycles. The molecule has 0 aliphatic carbocycles. The maximum absolute atomic E-state index is 11.8. The maximum Gasteiger partial charge on any atom is 0.235 e. The molecule has 3 rings (SSSR count). The average molecular weight is 274 g/mol. The van der Waals surface area contributed by atoms with Crippen LogP contribution < -0.4 is 5.32 Å². The minimum atomic E-state index is 0.00711. The Morgan fingerprint density at radius 1 is 1.47 bits per heavy atom. The number of fused-ring (bicyclic) bond motifs is 1. The summed E-state index contributed by atoms with van der Waals surface area (Å²) >= 11 is 1.59. The maximum atomic E-state index is 11.8. The first-order valence-electron chi connectivity index (χ1n) is 6.02. The fourth-order valence-electron chi connectivity index (χ4n) is 2.31. The summed E-state index contributed by atoms with van der Waals surface area (Å²) in [6.07, 6.45) is 1.78. The van der Waals surface area contributed by atoms with Crippen molar-refractivity contribution in [3.05, 3.63) is 41.3 Å². The molecule has 0 radical (unpaired) electrons. The Kier molecular flexibility index (Phi) is 3.02. The number of hydrogen-bond acceptors (Lipinski definition) is 4. The highest BCUT2D eigenvalue weighted by atomic mass is 32.2. The van der Waals surface area contributed by atoms with Gasteiger partial charge >= 0.3 is 0 Å². The summed E-state index contributed by atoms with van der Waals surface area (Å²) in [5.74, 6) is 1.21. The fraction of sp³-hybridized carbons (Fsp3) is 0.308. The lowest BCUT2D eigenvalue weighted by atomic mass is 10.1. The van der Waals surface area contributed by atoms with Crippen molar-refractivity contribution in [3.8, 4) is 0 Å². The third-order valence-corrected chi connectivity index (χ3v) is 4.37. The fourth-order valence-corrected chi connectivity index (χ4v) is 3.46. The zero-order valence-electron chi connectivity index (χ0n) is 10.8. The van der Waals surface area contributed by atoms with Crippen LogP contribution in [0.5, 0.6) is 0 Å². The van der Waals surface area contributed by atoms with Crippen molar-refractivity contribution in [3.63, 3.8) is 0 Å². The first-order valence-corrected chi connectivity index (χ1v) is 7.07. The Labute approximate surface area is 115 Å². The van der Waals surface area contributed by atoms with E-state index in [9.17, 15) is 4.79 Å². The highest BCUT2D eigenvalue weighted by molar-refractivity contribution is 8.00. The van der Waals surface area contributed by atoms with Crippen LogP contribution in [0, 0.1) is 6.92 Å². The van der Waals surface area contributed by atoms with Crippen molar-refractivity contribution < 1.29 is 4.79 Å². The van der Waals surface area contributed by atoms with Crippen LogP contribution in [0.1, 0.15) is 22.2 Å². The van der Waals surface area contributed by atoms with Crippen LogP contribution in [0.3, 0.4) is 0 Å². The molecule has 1 N–H and O–H groups in total. The van der Waals surface area contributed by atoms with Crippen LogP contribution in [-0.2, 0) is 11.8 Å². The molecule has 1 unspecified atom stereocenters. The number of aryl methyl sites for hydroxylation is 2. The van der Waals surface area contributed by atoms with E-state index in [2.05, 4.69) is 15.4 Å². The van der Waals surface area contributed by atoms with Crippen LogP contribution in [0.25, 0.3) is 0 Å². The van der Waals surface area contributed by atoms with Crippen molar-refractivity contribution in [2.24, 2.45) is 7.05 Å². The average Bonchev–Trinajstić information content (AvgIpc) is 2.60. The molecule has 1 amide bonds. The van der Waals surface area contributed by atoms with E-state index in [4.69, 9.17) is 0 Å². The Hall–Kier alpha value is -1.82. The smallest absolute Gasteiger partial charge is 0.235 e. The van der Waals surface area contributed by atoms with E-state index in [1.54, 1.807) is 22.6 Å². The number of carbonyl (C=O) groups excluding carboxylic acids is 1. The van der Waals surface area contributed by atoms with Crippen LogP contribution in [0.15, 0.2) is 24.4 Å². The van der Waals surface area contributed by atoms with Gasteiger partial charge in [-0.1, -0.05) is 6.07 Å². The van der Waals surface area contributed by atoms with E-state index in [0.29, 0.717) is 5.75 Å². The number of thioether (sulfide) groups is 1. The minimum Gasteiger partial charge on any atom is -0.310 e. The summed E-state index contributed by atoms with van der Waals surface area (Å²) in [4.78, 5) is 16.2. The van der Waals surface area contributed by atoms with Gasteiger partial charge in [0.25, 0.3) is 0 Å². The van der Waals surface area contributed by atoms with E-state index in [0.717, 1.165) is 22.8 Å². The largest absolute Gasteiger partial charge is 0.310 e. The molecule has 98 valence electrons. The molecule has 6 heteroatoms. The molecule has 2 aromatic rings. The van der Waals surface area contributed by atoms with Crippen molar-refractivity contribution in [1.82, 2.24) is 14.8 Å². The molecule has 0 bridgehead atoms. The summed E-state index contributed by atoms with van der Waals surface area (Å²) in [7, 11) is 1.84. The standard InChI is InChI=1S/C13H14N4OS/c1-8-11-12(9-5-3-4-6-14-9)19-7-10(18)15-13(11)17(2)16-8/h3-6,12H,7H2,1-2H3,(H,15,18). The lowest BCUT2D eigenvalue weighted by Crippen LogP contribution is -2.15. The second-order valence-corrected chi connectivity index (χ2v) is 5.56. The predicted molar refractivity (Wildman–Crippen MR) is 75.1 cm³/mol. The number of nitrogens with zero attached hydrogens (tertiary/aromatic N) is 3. The van der Waals surface area contributed by atoms with Gasteiger partial charge in [0, 0.05) is 18.8 Å². The number of rotatable bonds is 1. The molecule has 1 aliphatic rings. The van der Waals surface area contributed by atoms with Crippen LogP contribution in [-0.4, -0.2) is 26.4 Å². The number of hydrogen-bond donors (Lipinski definition) is 1. The molecule has 3 heterocycles. The Bertz CT molecular complexity index is 623. The topological polar surface area (TPSA) is 59.8 Å². The van der Waals surface area contributed by atoms with Crippen molar-refractivity contribution in [1.29, 1.82) is 0 Å². The molecule has 1 atom stereocenters. The van der Waals surface area contributed by atoms with Crippen LogP contribution >= 0.6 is 11.8 Å². The molecule has 0 fully saturated rings. The van der Waals surface area contributed by atoms with Gasteiger partial charge < -0.3 is 5.32 Å². The SMILES string of the molecule is Cc1nn(C)c2c1C(c1ccccn1)SCC(=O)N2. The van der Waals surface area contributed by atoms with E-state index >= 15 is 0 Å². The zero-order valence-corrected chi connectivity index (χ0v) is 11.6. The quantitative estimate of drug-likeness (QED) is 0.863. The van der Waals surface area contributed by atoms with Gasteiger partial charge in [-0.25, -0.2) is 0 Å². The van der Waals surface area contributed by atoms with Gasteiger partial charge in [-0.3, -0.25) is 14.5 Å². The molecule has 2 aromatic heterocycles. The third-order valence-electron chi connectivity index (χ3n) is 3.13. The first kappa shape index (κ1) is 12.2. The summed E-state index contributed by atoms with van der Waals surface area (Å²) in [5.41, 5.74) is 2.95. The van der Waals surface area contributed by atoms with E-state index in [1.807, 2.05) is 32.2 Å². The van der Waals surface area contributed by atoms with Crippen molar-refractivity contribution in [2.45, 2.75) is 12.2 Å². The Morgan fingerprint density at radius 2 is 2.32 bits per heavy atom. The number of aromatic nitrogens is 3. The molecule has 0 saturated heterocycles. The molecule has 1 aliphatic heterocycles. The molecule has 19 heavy (non-hydrogen) atoms. The van der Waals surface area contributed by atoms with Gasteiger partial charge in [0.05, 0.1) is 22.4 Å². The lowest BCUT2D eigenvalue weighted by molar-refractivity contribution is -0.113. The normalized spacial score (nSPS) is 18.6. The van der Waals surface area contributed by atoms with Crippen LogP contribution in [0.4, 0.5) is 5.82 Å². The zero-order chi connectivity index (χ0) is 13.4. The van der Waals surface area contributed by atoms with Gasteiger partial charge in [-0.15, -0.1) is 11.8 Å². The Morgan fingerprint density at radius 3 is 3.05 bits per heavy atom. The number of anilines is 1. The van der Waals surface area contributed by atoms with Gasteiger partial charge in [0.15, 0.2) is 0 Å². The van der Waals surface area contributed by atoms with Crippen LogP contribution in [0.2, 0.25) is 0 Å². The minimum absolute atomic E-state index is 0.00711. The summed E-state index contributed by atoms with van der Waals surface area (Å²) in [6, 6.07) is 5.85. The van der Waals surface area contributed by atoms with Gasteiger partial charge in [0.1, 0.15) is 5.82 Å². The third kappa shape index (κ3) is 2.12. The molecule has 0 spiro atoms. The van der Waals surface area contributed by atoms with Gasteiger partial charge in [-0.2, -0.15) is 5.10 Å². The van der Waals surface area contributed by atoms with E-state index in [1.165, 1.54) is 0 Å². The lowest BCUT2D eigenvalue weighted by Gasteiger charge is -2.13. The number of carbonyl (C=O) groups is 1. The molecule has 5 nitrogen and oxygen atoms in total. The second kappa shape index (κ2) is 4.70.